The Morgan fingerprint density at radius 3 is 2.71 bits per heavy atom. The first-order valence-electron chi connectivity index (χ1n) is 6.31. The van der Waals surface area contributed by atoms with E-state index in [1.165, 1.54) is 0 Å². The Hall–Kier alpha value is -1.22. The molecule has 114 valence electrons. The second-order valence-electron chi connectivity index (χ2n) is 4.68. The van der Waals surface area contributed by atoms with Gasteiger partial charge in [0.2, 0.25) is 10.0 Å². The summed E-state index contributed by atoms with van der Waals surface area (Å²) in [5, 5.41) is 4.01. The van der Waals surface area contributed by atoms with Crippen molar-refractivity contribution in [3.05, 3.63) is 45.7 Å². The fraction of sp³-hybridized carbons (Fsp3) is 0.308. The van der Waals surface area contributed by atoms with Crippen LogP contribution in [0.25, 0.3) is 0 Å². The molecule has 0 atom stereocenters. The molecule has 2 rings (SSSR count). The SMILES string of the molecule is Cc1c(Br)cc(CN)cc1S(=O)(=O)NCc1ccnn1C. The van der Waals surface area contributed by atoms with Crippen LogP contribution in [0.15, 0.2) is 33.8 Å². The van der Waals surface area contributed by atoms with E-state index in [1.54, 1.807) is 37.0 Å². The highest BCUT2D eigenvalue weighted by atomic mass is 79.9. The number of benzene rings is 1. The van der Waals surface area contributed by atoms with E-state index in [9.17, 15) is 8.42 Å². The first-order valence-corrected chi connectivity index (χ1v) is 8.58. The maximum atomic E-state index is 12.5. The van der Waals surface area contributed by atoms with Gasteiger partial charge in [-0.25, -0.2) is 13.1 Å². The molecule has 0 bridgehead atoms. The van der Waals surface area contributed by atoms with Crippen molar-refractivity contribution in [3.8, 4) is 0 Å². The van der Waals surface area contributed by atoms with Crippen LogP contribution in [-0.4, -0.2) is 18.2 Å². The van der Waals surface area contributed by atoms with Crippen LogP contribution in [0, 0.1) is 6.92 Å². The summed E-state index contributed by atoms with van der Waals surface area (Å²) in [6.45, 7) is 2.22. The maximum absolute atomic E-state index is 12.5. The van der Waals surface area contributed by atoms with Gasteiger partial charge in [0, 0.05) is 24.3 Å². The van der Waals surface area contributed by atoms with Crippen LogP contribution in [0.3, 0.4) is 0 Å². The van der Waals surface area contributed by atoms with Crippen molar-refractivity contribution >= 4 is 26.0 Å². The lowest BCUT2D eigenvalue weighted by Crippen LogP contribution is -2.25. The minimum atomic E-state index is -3.62. The number of nitrogens with two attached hydrogens (primary N) is 1. The van der Waals surface area contributed by atoms with Crippen LogP contribution in [-0.2, 0) is 30.2 Å². The quantitative estimate of drug-likeness (QED) is 0.830. The van der Waals surface area contributed by atoms with Crippen molar-refractivity contribution in [1.29, 1.82) is 0 Å². The number of rotatable bonds is 5. The van der Waals surface area contributed by atoms with Gasteiger partial charge in [-0.2, -0.15) is 5.10 Å². The molecule has 0 saturated heterocycles. The molecule has 21 heavy (non-hydrogen) atoms. The molecule has 0 saturated carbocycles. The predicted molar refractivity (Wildman–Crippen MR) is 84.0 cm³/mol. The summed E-state index contributed by atoms with van der Waals surface area (Å²) >= 11 is 3.37. The van der Waals surface area contributed by atoms with Crippen LogP contribution in [0.5, 0.6) is 0 Å². The molecule has 0 radical (unpaired) electrons. The first kappa shape index (κ1) is 16.2. The van der Waals surface area contributed by atoms with E-state index in [-0.39, 0.29) is 18.0 Å². The Morgan fingerprint density at radius 2 is 2.14 bits per heavy atom. The number of halogens is 1. The molecule has 0 unspecified atom stereocenters. The van der Waals surface area contributed by atoms with E-state index in [0.717, 1.165) is 15.7 Å². The lowest BCUT2D eigenvalue weighted by Gasteiger charge is -2.12. The molecule has 1 aromatic carbocycles. The minimum Gasteiger partial charge on any atom is -0.326 e. The molecule has 1 heterocycles. The van der Waals surface area contributed by atoms with E-state index in [0.29, 0.717) is 5.56 Å². The van der Waals surface area contributed by atoms with Gasteiger partial charge < -0.3 is 5.73 Å². The van der Waals surface area contributed by atoms with Crippen LogP contribution in [0.2, 0.25) is 0 Å². The summed E-state index contributed by atoms with van der Waals surface area (Å²) in [5.74, 6) is 0. The molecule has 3 N–H and O–H groups in total. The summed E-state index contributed by atoms with van der Waals surface area (Å²) < 4.78 is 29.9. The van der Waals surface area contributed by atoms with Crippen molar-refractivity contribution < 1.29 is 8.42 Å². The monoisotopic (exact) mass is 372 g/mol. The lowest BCUT2D eigenvalue weighted by molar-refractivity contribution is 0.576. The van der Waals surface area contributed by atoms with Crippen molar-refractivity contribution in [2.75, 3.05) is 0 Å². The molecule has 0 fully saturated rings. The number of hydrogen-bond acceptors (Lipinski definition) is 4. The number of nitrogens with zero attached hydrogens (tertiary/aromatic N) is 2. The standard InChI is InChI=1S/C13H17BrN4O2S/c1-9-12(14)5-10(7-15)6-13(9)21(19,20)17-8-11-3-4-16-18(11)2/h3-6,17H,7-8,15H2,1-2H3. The van der Waals surface area contributed by atoms with Crippen LogP contribution < -0.4 is 10.5 Å². The summed E-state index contributed by atoms with van der Waals surface area (Å²) in [4.78, 5) is 0.236. The van der Waals surface area contributed by atoms with Crippen LogP contribution in [0.4, 0.5) is 0 Å². The lowest BCUT2D eigenvalue weighted by atomic mass is 10.1. The molecule has 2 aromatic rings. The van der Waals surface area contributed by atoms with E-state index in [2.05, 4.69) is 25.8 Å². The number of aromatic nitrogens is 2. The predicted octanol–water partition coefficient (Wildman–Crippen LogP) is 1.43. The molecule has 8 heteroatoms. The molecule has 6 nitrogen and oxygen atoms in total. The van der Waals surface area contributed by atoms with Gasteiger partial charge in [-0.05, 0) is 36.2 Å². The molecular formula is C13H17BrN4O2S. The van der Waals surface area contributed by atoms with E-state index < -0.39 is 10.0 Å². The molecule has 0 amide bonds. The van der Waals surface area contributed by atoms with Gasteiger partial charge in [-0.15, -0.1) is 0 Å². The average Bonchev–Trinajstić information content (AvgIpc) is 2.84. The number of sulfonamides is 1. The second kappa shape index (κ2) is 6.27. The highest BCUT2D eigenvalue weighted by Gasteiger charge is 2.19. The fourth-order valence-corrected chi connectivity index (χ4v) is 3.88. The Morgan fingerprint density at radius 1 is 1.43 bits per heavy atom. The summed E-state index contributed by atoms with van der Waals surface area (Å²) in [6, 6.07) is 5.20. The van der Waals surface area contributed by atoms with Gasteiger partial charge in [-0.1, -0.05) is 15.9 Å². The van der Waals surface area contributed by atoms with Gasteiger partial charge in [0.15, 0.2) is 0 Å². The number of nitrogens with one attached hydrogen (secondary N) is 1. The number of hydrogen-bond donors (Lipinski definition) is 2. The highest BCUT2D eigenvalue weighted by Crippen LogP contribution is 2.25. The Labute approximate surface area is 132 Å². The Balaban J connectivity index is 2.31. The van der Waals surface area contributed by atoms with Gasteiger partial charge in [0.1, 0.15) is 0 Å². The van der Waals surface area contributed by atoms with E-state index >= 15 is 0 Å². The first-order chi connectivity index (χ1) is 9.85. The third kappa shape index (κ3) is 3.52. The zero-order valence-electron chi connectivity index (χ0n) is 11.8. The average molecular weight is 373 g/mol. The fourth-order valence-electron chi connectivity index (χ4n) is 1.93. The second-order valence-corrected chi connectivity index (χ2v) is 7.27. The van der Waals surface area contributed by atoms with Gasteiger partial charge >= 0.3 is 0 Å². The Kier molecular flexibility index (Phi) is 4.82. The molecule has 0 aliphatic carbocycles. The molecule has 0 spiro atoms. The van der Waals surface area contributed by atoms with Crippen molar-refractivity contribution in [3.63, 3.8) is 0 Å². The Bertz CT molecular complexity index is 756. The molecule has 0 aliphatic rings. The van der Waals surface area contributed by atoms with Crippen molar-refractivity contribution in [2.24, 2.45) is 12.8 Å². The number of aryl methyl sites for hydroxylation is 1. The van der Waals surface area contributed by atoms with Crippen LogP contribution in [0.1, 0.15) is 16.8 Å². The molecular weight excluding hydrogens is 356 g/mol. The smallest absolute Gasteiger partial charge is 0.241 e. The summed E-state index contributed by atoms with van der Waals surface area (Å²) in [5.41, 5.74) is 7.80. The third-order valence-electron chi connectivity index (χ3n) is 3.25. The molecule has 1 aromatic heterocycles. The van der Waals surface area contributed by atoms with Crippen molar-refractivity contribution in [1.82, 2.24) is 14.5 Å². The third-order valence-corrected chi connectivity index (χ3v) is 5.60. The van der Waals surface area contributed by atoms with Gasteiger partial charge in [0.05, 0.1) is 17.1 Å². The van der Waals surface area contributed by atoms with Crippen LogP contribution >= 0.6 is 15.9 Å². The van der Waals surface area contributed by atoms with E-state index in [1.807, 2.05) is 6.07 Å². The van der Waals surface area contributed by atoms with E-state index in [4.69, 9.17) is 5.73 Å². The molecule has 0 aliphatic heterocycles. The van der Waals surface area contributed by atoms with Gasteiger partial charge in [-0.3, -0.25) is 4.68 Å². The van der Waals surface area contributed by atoms with Gasteiger partial charge in [0.25, 0.3) is 0 Å². The summed E-state index contributed by atoms with van der Waals surface area (Å²) in [7, 11) is -1.85. The topological polar surface area (TPSA) is 90.0 Å². The van der Waals surface area contributed by atoms with Crippen molar-refractivity contribution in [2.45, 2.75) is 24.9 Å². The highest BCUT2D eigenvalue weighted by molar-refractivity contribution is 9.10. The largest absolute Gasteiger partial charge is 0.326 e. The zero-order valence-corrected chi connectivity index (χ0v) is 14.2. The normalized spacial score (nSPS) is 11.8. The minimum absolute atomic E-state index is 0.183. The zero-order chi connectivity index (χ0) is 15.6. The maximum Gasteiger partial charge on any atom is 0.241 e. The summed E-state index contributed by atoms with van der Waals surface area (Å²) in [6.07, 6.45) is 1.63.